The second-order valence-corrected chi connectivity index (χ2v) is 6.38. The molecule has 1 heterocycles. The van der Waals surface area contributed by atoms with Crippen molar-refractivity contribution in [1.29, 1.82) is 0 Å². The maximum atomic E-state index is 11.9. The van der Waals surface area contributed by atoms with Gasteiger partial charge in [-0.2, -0.15) is 0 Å². The monoisotopic (exact) mass is 219 g/mol. The molecule has 0 unspecified atom stereocenters. The summed E-state index contributed by atoms with van der Waals surface area (Å²) in [5.41, 5.74) is 0. The Bertz CT molecular complexity index is 291. The van der Waals surface area contributed by atoms with E-state index < -0.39 is 10.0 Å². The van der Waals surface area contributed by atoms with Crippen molar-refractivity contribution in [3.05, 3.63) is 0 Å². The van der Waals surface area contributed by atoms with Gasteiger partial charge in [-0.15, -0.1) is 0 Å². The van der Waals surface area contributed by atoms with Crippen LogP contribution in [0.1, 0.15) is 25.7 Å². The van der Waals surface area contributed by atoms with E-state index in [4.69, 9.17) is 4.74 Å². The minimum absolute atomic E-state index is 0.0876. The molecule has 82 valence electrons. The summed E-state index contributed by atoms with van der Waals surface area (Å²) in [4.78, 5) is 0. The van der Waals surface area contributed by atoms with Gasteiger partial charge in [-0.3, -0.25) is 0 Å². The van der Waals surface area contributed by atoms with Gasteiger partial charge in [0, 0.05) is 26.3 Å². The van der Waals surface area contributed by atoms with Gasteiger partial charge in [-0.05, 0) is 25.7 Å². The number of hydrogen-bond acceptors (Lipinski definition) is 3. The van der Waals surface area contributed by atoms with Gasteiger partial charge in [0.15, 0.2) is 0 Å². The molecule has 0 aromatic heterocycles. The lowest BCUT2D eigenvalue weighted by Crippen LogP contribution is -2.42. The average molecular weight is 219 g/mol. The van der Waals surface area contributed by atoms with Gasteiger partial charge >= 0.3 is 0 Å². The molecule has 2 rings (SSSR count). The Morgan fingerprint density at radius 2 is 1.71 bits per heavy atom. The summed E-state index contributed by atoms with van der Waals surface area (Å²) >= 11 is 0. The Morgan fingerprint density at radius 3 is 2.21 bits per heavy atom. The van der Waals surface area contributed by atoms with Gasteiger partial charge in [0.05, 0.1) is 5.25 Å². The lowest BCUT2D eigenvalue weighted by Gasteiger charge is -2.30. The van der Waals surface area contributed by atoms with Crippen LogP contribution in [0.3, 0.4) is 0 Å². The van der Waals surface area contributed by atoms with Crippen LogP contribution in [0.15, 0.2) is 0 Å². The minimum atomic E-state index is -2.99. The van der Waals surface area contributed by atoms with Crippen LogP contribution in [0, 0.1) is 0 Å². The first-order valence-electron chi connectivity index (χ1n) is 5.17. The quantitative estimate of drug-likeness (QED) is 0.698. The predicted octanol–water partition coefficient (Wildman–Crippen LogP) is 0.589. The van der Waals surface area contributed by atoms with E-state index in [2.05, 4.69) is 0 Å². The van der Waals surface area contributed by atoms with Crippen LogP contribution in [0.25, 0.3) is 0 Å². The summed E-state index contributed by atoms with van der Waals surface area (Å²) in [5.74, 6) is 0. The Morgan fingerprint density at radius 1 is 1.14 bits per heavy atom. The second kappa shape index (κ2) is 3.79. The zero-order valence-electron chi connectivity index (χ0n) is 8.48. The van der Waals surface area contributed by atoms with Crippen molar-refractivity contribution in [2.24, 2.45) is 0 Å². The number of sulfonamides is 1. The highest BCUT2D eigenvalue weighted by Crippen LogP contribution is 2.32. The van der Waals surface area contributed by atoms with E-state index in [1.807, 2.05) is 0 Å². The Kier molecular flexibility index (Phi) is 2.81. The Balaban J connectivity index is 2.02. The van der Waals surface area contributed by atoms with E-state index in [0.29, 0.717) is 13.2 Å². The topological polar surface area (TPSA) is 46.6 Å². The summed E-state index contributed by atoms with van der Waals surface area (Å²) in [6.07, 6.45) is 3.36. The van der Waals surface area contributed by atoms with Gasteiger partial charge < -0.3 is 4.74 Å². The number of ether oxygens (including phenoxy) is 1. The van der Waals surface area contributed by atoms with E-state index in [9.17, 15) is 8.42 Å². The van der Waals surface area contributed by atoms with Crippen molar-refractivity contribution in [3.63, 3.8) is 0 Å². The van der Waals surface area contributed by atoms with Crippen molar-refractivity contribution in [2.75, 3.05) is 20.3 Å². The van der Waals surface area contributed by atoms with Crippen molar-refractivity contribution < 1.29 is 13.2 Å². The highest BCUT2D eigenvalue weighted by Gasteiger charge is 2.41. The Labute approximate surface area is 85.3 Å². The molecule has 5 heteroatoms. The Hall–Kier alpha value is -0.130. The average Bonchev–Trinajstić information content (AvgIpc) is 3.01. The lowest BCUT2D eigenvalue weighted by atomic mass is 10.1. The van der Waals surface area contributed by atoms with Crippen molar-refractivity contribution in [2.45, 2.75) is 37.0 Å². The molecular weight excluding hydrogens is 202 g/mol. The zero-order valence-corrected chi connectivity index (χ0v) is 9.29. The number of nitrogens with zero attached hydrogens (tertiary/aromatic N) is 1. The van der Waals surface area contributed by atoms with Gasteiger partial charge in [0.2, 0.25) is 10.0 Å². The largest absolute Gasteiger partial charge is 0.381 e. The molecule has 0 amide bonds. The summed E-state index contributed by atoms with van der Waals surface area (Å²) in [6.45, 7) is 1.38. The smallest absolute Gasteiger partial charge is 0.216 e. The van der Waals surface area contributed by atoms with Gasteiger partial charge in [-0.25, -0.2) is 12.7 Å². The highest BCUT2D eigenvalue weighted by atomic mass is 32.2. The molecule has 14 heavy (non-hydrogen) atoms. The molecule has 2 fully saturated rings. The molecule has 1 aliphatic heterocycles. The first-order chi connectivity index (χ1) is 6.62. The normalized spacial score (nSPS) is 25.6. The summed E-state index contributed by atoms with van der Waals surface area (Å²) in [5, 5.41) is -0.0876. The van der Waals surface area contributed by atoms with Crippen LogP contribution >= 0.6 is 0 Å². The van der Waals surface area contributed by atoms with Crippen LogP contribution in [0.5, 0.6) is 0 Å². The fraction of sp³-hybridized carbons (Fsp3) is 1.00. The van der Waals surface area contributed by atoms with E-state index >= 15 is 0 Å². The summed E-state index contributed by atoms with van der Waals surface area (Å²) < 4.78 is 30.5. The fourth-order valence-corrected chi connectivity index (χ4v) is 3.69. The fourth-order valence-electron chi connectivity index (χ4n) is 1.86. The van der Waals surface area contributed by atoms with Crippen molar-refractivity contribution in [3.8, 4) is 0 Å². The molecule has 0 aromatic rings. The van der Waals surface area contributed by atoms with Crippen LogP contribution in [0.2, 0.25) is 0 Å². The van der Waals surface area contributed by atoms with E-state index in [1.54, 1.807) is 11.4 Å². The molecule has 0 atom stereocenters. The maximum Gasteiger partial charge on any atom is 0.216 e. The van der Waals surface area contributed by atoms with Crippen molar-refractivity contribution >= 4 is 10.0 Å². The van der Waals surface area contributed by atoms with Crippen LogP contribution in [-0.2, 0) is 14.8 Å². The molecule has 0 bridgehead atoms. The SMILES string of the molecule is CN(C1CCOCC1)S(=O)(=O)C1CC1. The first-order valence-corrected chi connectivity index (χ1v) is 6.67. The van der Waals surface area contributed by atoms with Crippen LogP contribution in [0.4, 0.5) is 0 Å². The van der Waals surface area contributed by atoms with Crippen molar-refractivity contribution in [1.82, 2.24) is 4.31 Å². The summed E-state index contributed by atoms with van der Waals surface area (Å²) in [6, 6.07) is 0.161. The van der Waals surface area contributed by atoms with Crippen LogP contribution < -0.4 is 0 Å². The highest BCUT2D eigenvalue weighted by molar-refractivity contribution is 7.90. The van der Waals surface area contributed by atoms with Crippen LogP contribution in [-0.4, -0.2) is 44.3 Å². The van der Waals surface area contributed by atoms with E-state index in [0.717, 1.165) is 25.7 Å². The standard InChI is InChI=1S/C9H17NO3S/c1-10(8-4-6-13-7-5-8)14(11,12)9-2-3-9/h8-9H,2-7H2,1H3. The molecule has 2 aliphatic rings. The van der Waals surface area contributed by atoms with E-state index in [1.165, 1.54) is 0 Å². The van der Waals surface area contributed by atoms with E-state index in [-0.39, 0.29) is 11.3 Å². The number of rotatable bonds is 3. The zero-order chi connectivity index (χ0) is 10.2. The summed E-state index contributed by atoms with van der Waals surface area (Å²) in [7, 11) is -1.28. The molecule has 0 N–H and O–H groups in total. The molecule has 0 aromatic carbocycles. The third-order valence-electron chi connectivity index (χ3n) is 3.05. The molecule has 1 aliphatic carbocycles. The van der Waals surface area contributed by atoms with Gasteiger partial charge in [-0.1, -0.05) is 0 Å². The second-order valence-electron chi connectivity index (χ2n) is 4.10. The molecule has 4 nitrogen and oxygen atoms in total. The predicted molar refractivity (Wildman–Crippen MR) is 53.5 cm³/mol. The molecule has 0 spiro atoms. The first kappa shape index (κ1) is 10.4. The molecular formula is C9H17NO3S. The maximum absolute atomic E-state index is 11.9. The van der Waals surface area contributed by atoms with Gasteiger partial charge in [0.25, 0.3) is 0 Å². The lowest BCUT2D eigenvalue weighted by molar-refractivity contribution is 0.0632. The molecule has 1 saturated carbocycles. The third kappa shape index (κ3) is 1.94. The molecule has 0 radical (unpaired) electrons. The minimum Gasteiger partial charge on any atom is -0.381 e. The number of hydrogen-bond donors (Lipinski definition) is 0. The molecule has 1 saturated heterocycles. The third-order valence-corrected chi connectivity index (χ3v) is 5.47. The van der Waals surface area contributed by atoms with Gasteiger partial charge in [0.1, 0.15) is 0 Å².